The number of halogens is 1. The summed E-state index contributed by atoms with van der Waals surface area (Å²) in [4.78, 5) is 37.0. The Morgan fingerprint density at radius 3 is 2.27 bits per heavy atom. The van der Waals surface area contributed by atoms with Gasteiger partial charge in [0.1, 0.15) is 13.3 Å². The monoisotopic (exact) mass is 419 g/mol. The summed E-state index contributed by atoms with van der Waals surface area (Å²) in [5.41, 5.74) is 1.70. The van der Waals surface area contributed by atoms with Crippen molar-refractivity contribution in [1.29, 1.82) is 0 Å². The average molecular weight is 419 g/mol. The largest absolute Gasteiger partial charge is 0.466 e. The van der Waals surface area contributed by atoms with Crippen molar-refractivity contribution in [1.82, 2.24) is 5.32 Å². The van der Waals surface area contributed by atoms with Crippen LogP contribution in [-0.4, -0.2) is 44.9 Å². The molecule has 0 radical (unpaired) electrons. The Morgan fingerprint density at radius 1 is 1.03 bits per heavy atom. The molecule has 0 amide bonds. The maximum absolute atomic E-state index is 14.0. The quantitative estimate of drug-likeness (QED) is 0.512. The first-order valence-electron chi connectivity index (χ1n) is 9.65. The summed E-state index contributed by atoms with van der Waals surface area (Å²) in [6.45, 7) is 3.60. The molecule has 30 heavy (non-hydrogen) atoms. The lowest BCUT2D eigenvalue weighted by Gasteiger charge is -2.32. The Bertz CT molecular complexity index is 889. The SMILES string of the molecule is CCOC(=O)C1=C(COC(C)=O)NC(CF)=C(C(=O)OC)C1c1ccccc1CC. The van der Waals surface area contributed by atoms with E-state index < -0.39 is 30.5 Å². The van der Waals surface area contributed by atoms with E-state index in [1.54, 1.807) is 19.1 Å². The van der Waals surface area contributed by atoms with Crippen LogP contribution in [0, 0.1) is 0 Å². The number of allylic oxidation sites excluding steroid dienone is 1. The minimum Gasteiger partial charge on any atom is -0.466 e. The molecule has 1 atom stereocenters. The molecule has 1 heterocycles. The molecular weight excluding hydrogens is 393 g/mol. The number of esters is 3. The summed E-state index contributed by atoms with van der Waals surface area (Å²) in [7, 11) is 1.19. The highest BCUT2D eigenvalue weighted by atomic mass is 19.1. The molecule has 1 aromatic rings. The van der Waals surface area contributed by atoms with Crippen LogP contribution < -0.4 is 5.32 Å². The van der Waals surface area contributed by atoms with Crippen LogP contribution in [0.1, 0.15) is 37.8 Å². The molecule has 1 unspecified atom stereocenters. The Labute approximate surface area is 174 Å². The number of hydrogen-bond donors (Lipinski definition) is 1. The highest BCUT2D eigenvalue weighted by Gasteiger charge is 2.40. The first kappa shape index (κ1) is 23.1. The van der Waals surface area contributed by atoms with E-state index in [-0.39, 0.29) is 35.8 Å². The van der Waals surface area contributed by atoms with Crippen LogP contribution in [0.2, 0.25) is 0 Å². The zero-order valence-electron chi connectivity index (χ0n) is 17.5. The number of dihydropyridines is 1. The van der Waals surface area contributed by atoms with Gasteiger partial charge in [-0.25, -0.2) is 14.0 Å². The average Bonchev–Trinajstić information content (AvgIpc) is 2.75. The van der Waals surface area contributed by atoms with E-state index >= 15 is 0 Å². The summed E-state index contributed by atoms with van der Waals surface area (Å²) >= 11 is 0. The standard InChI is InChI=1S/C22H26FNO6/c1-5-14-9-7-8-10-15(14)18-19(21(26)28-4)16(11-23)24-17(12-30-13(3)25)20(18)22(27)29-6-2/h7-10,18,24H,5-6,11-12H2,1-4H3. The Morgan fingerprint density at radius 2 is 1.70 bits per heavy atom. The van der Waals surface area contributed by atoms with Crippen molar-refractivity contribution in [2.45, 2.75) is 33.1 Å². The van der Waals surface area contributed by atoms with Crippen LogP contribution in [0.25, 0.3) is 0 Å². The van der Waals surface area contributed by atoms with Gasteiger partial charge >= 0.3 is 17.9 Å². The maximum atomic E-state index is 14.0. The van der Waals surface area contributed by atoms with Crippen LogP contribution in [-0.2, 0) is 35.0 Å². The fourth-order valence-electron chi connectivity index (χ4n) is 3.45. The van der Waals surface area contributed by atoms with Gasteiger partial charge in [-0.05, 0) is 24.5 Å². The number of carbonyl (C=O) groups excluding carboxylic acids is 3. The fraction of sp³-hybridized carbons (Fsp3) is 0.409. The third kappa shape index (κ3) is 4.87. The molecule has 1 aromatic carbocycles. The molecule has 0 saturated carbocycles. The van der Waals surface area contributed by atoms with E-state index in [1.807, 2.05) is 19.1 Å². The number of ether oxygens (including phenoxy) is 3. The van der Waals surface area contributed by atoms with Crippen LogP contribution >= 0.6 is 0 Å². The Kier molecular flexibility index (Phi) is 8.15. The van der Waals surface area contributed by atoms with Gasteiger partial charge in [-0.1, -0.05) is 31.2 Å². The van der Waals surface area contributed by atoms with E-state index in [0.29, 0.717) is 12.0 Å². The molecule has 2 rings (SSSR count). The molecule has 0 bridgehead atoms. The molecule has 1 aliphatic heterocycles. The molecule has 0 aliphatic carbocycles. The summed E-state index contributed by atoms with van der Waals surface area (Å²) < 4.78 is 29.2. The normalized spacial score (nSPS) is 16.1. The number of rotatable bonds is 8. The summed E-state index contributed by atoms with van der Waals surface area (Å²) in [5.74, 6) is -2.96. The highest BCUT2D eigenvalue weighted by Crippen LogP contribution is 2.41. The van der Waals surface area contributed by atoms with Crippen LogP contribution in [0.5, 0.6) is 0 Å². The topological polar surface area (TPSA) is 90.9 Å². The lowest BCUT2D eigenvalue weighted by Crippen LogP contribution is -2.36. The van der Waals surface area contributed by atoms with Crippen molar-refractivity contribution in [2.75, 3.05) is 27.0 Å². The number of benzene rings is 1. The first-order chi connectivity index (χ1) is 14.4. The van der Waals surface area contributed by atoms with Crippen LogP contribution in [0.3, 0.4) is 0 Å². The van der Waals surface area contributed by atoms with Crippen LogP contribution in [0.15, 0.2) is 46.8 Å². The number of methoxy groups -OCH3 is 1. The fourth-order valence-corrected chi connectivity index (χ4v) is 3.45. The third-order valence-electron chi connectivity index (χ3n) is 4.73. The smallest absolute Gasteiger partial charge is 0.336 e. The van der Waals surface area contributed by atoms with E-state index in [9.17, 15) is 18.8 Å². The molecule has 0 saturated heterocycles. The van der Waals surface area contributed by atoms with Gasteiger partial charge in [0.05, 0.1) is 42.2 Å². The molecule has 7 nitrogen and oxygen atoms in total. The molecule has 0 spiro atoms. The molecule has 1 N–H and O–H groups in total. The molecule has 1 aliphatic rings. The van der Waals surface area contributed by atoms with Gasteiger partial charge in [0.2, 0.25) is 0 Å². The molecule has 0 aromatic heterocycles. The van der Waals surface area contributed by atoms with Gasteiger partial charge in [0, 0.05) is 6.92 Å². The van der Waals surface area contributed by atoms with E-state index in [2.05, 4.69) is 5.32 Å². The lowest BCUT2D eigenvalue weighted by atomic mass is 9.78. The Hall–Kier alpha value is -3.16. The molecule has 162 valence electrons. The zero-order chi connectivity index (χ0) is 22.3. The summed E-state index contributed by atoms with van der Waals surface area (Å²) in [6.07, 6.45) is 0.620. The number of nitrogens with one attached hydrogen (secondary N) is 1. The second-order valence-electron chi connectivity index (χ2n) is 6.52. The van der Waals surface area contributed by atoms with Crippen molar-refractivity contribution in [3.05, 3.63) is 57.9 Å². The Balaban J connectivity index is 2.81. The number of hydrogen-bond acceptors (Lipinski definition) is 7. The molecule has 8 heteroatoms. The predicted molar refractivity (Wildman–Crippen MR) is 107 cm³/mol. The van der Waals surface area contributed by atoms with Crippen molar-refractivity contribution < 1.29 is 33.0 Å². The van der Waals surface area contributed by atoms with Crippen molar-refractivity contribution in [3.8, 4) is 0 Å². The van der Waals surface area contributed by atoms with Gasteiger partial charge in [0.15, 0.2) is 0 Å². The number of alkyl halides is 1. The van der Waals surface area contributed by atoms with Crippen molar-refractivity contribution >= 4 is 17.9 Å². The van der Waals surface area contributed by atoms with Crippen molar-refractivity contribution in [3.63, 3.8) is 0 Å². The molecule has 0 fully saturated rings. The molecular formula is C22H26FNO6. The van der Waals surface area contributed by atoms with Gasteiger partial charge in [0.25, 0.3) is 0 Å². The first-order valence-corrected chi connectivity index (χ1v) is 9.65. The van der Waals surface area contributed by atoms with Gasteiger partial charge < -0.3 is 19.5 Å². The van der Waals surface area contributed by atoms with E-state index in [0.717, 1.165) is 5.56 Å². The van der Waals surface area contributed by atoms with Gasteiger partial charge in [-0.2, -0.15) is 0 Å². The minimum absolute atomic E-state index is 0.0180. The van der Waals surface area contributed by atoms with E-state index in [4.69, 9.17) is 14.2 Å². The minimum atomic E-state index is -1.01. The van der Waals surface area contributed by atoms with Gasteiger partial charge in [-0.3, -0.25) is 4.79 Å². The van der Waals surface area contributed by atoms with Gasteiger partial charge in [-0.15, -0.1) is 0 Å². The summed E-state index contributed by atoms with van der Waals surface area (Å²) in [5, 5.41) is 2.76. The summed E-state index contributed by atoms with van der Waals surface area (Å²) in [6, 6.07) is 7.26. The lowest BCUT2D eigenvalue weighted by molar-refractivity contribution is -0.142. The highest BCUT2D eigenvalue weighted by molar-refractivity contribution is 6.00. The zero-order valence-corrected chi connectivity index (χ0v) is 17.5. The van der Waals surface area contributed by atoms with Crippen LogP contribution in [0.4, 0.5) is 4.39 Å². The predicted octanol–water partition coefficient (Wildman–Crippen LogP) is 2.71. The van der Waals surface area contributed by atoms with Crippen molar-refractivity contribution in [2.24, 2.45) is 0 Å². The second-order valence-corrected chi connectivity index (χ2v) is 6.52. The van der Waals surface area contributed by atoms with E-state index in [1.165, 1.54) is 14.0 Å². The number of aryl methyl sites for hydroxylation is 1. The third-order valence-corrected chi connectivity index (χ3v) is 4.73. The second kappa shape index (κ2) is 10.6. The maximum Gasteiger partial charge on any atom is 0.336 e. The number of carbonyl (C=O) groups is 3.